The first-order valence-corrected chi connectivity index (χ1v) is 11.2. The average Bonchev–Trinajstić information content (AvgIpc) is 3.15. The van der Waals surface area contributed by atoms with E-state index < -0.39 is 12.1 Å². The van der Waals surface area contributed by atoms with E-state index in [9.17, 15) is 19.5 Å². The maximum absolute atomic E-state index is 12.2. The average molecular weight is 459 g/mol. The first-order chi connectivity index (χ1) is 16.4. The summed E-state index contributed by atoms with van der Waals surface area (Å²) >= 11 is 0. The molecule has 0 aromatic heterocycles. The molecular formula is C27H26N2O5. The third kappa shape index (κ3) is 5.09. The summed E-state index contributed by atoms with van der Waals surface area (Å²) in [6.07, 6.45) is 0.0834. The number of carbonyl (C=O) groups is 3. The molecule has 0 radical (unpaired) electrons. The van der Waals surface area contributed by atoms with Crippen LogP contribution in [0.1, 0.15) is 45.8 Å². The zero-order chi connectivity index (χ0) is 24.1. The normalized spacial score (nSPS) is 11.9. The summed E-state index contributed by atoms with van der Waals surface area (Å²) in [5, 5.41) is 14.6. The maximum atomic E-state index is 12.2. The van der Waals surface area contributed by atoms with Crippen molar-refractivity contribution in [3.8, 4) is 11.1 Å². The van der Waals surface area contributed by atoms with Crippen molar-refractivity contribution in [3.63, 3.8) is 0 Å². The Balaban J connectivity index is 1.22. The SMILES string of the molecule is Cc1ccc(NC(=O)CCCNC(=O)OCC2c3ccccc3-c3ccccc32)cc1C(=O)O. The van der Waals surface area contributed by atoms with E-state index in [4.69, 9.17) is 4.74 Å². The van der Waals surface area contributed by atoms with E-state index in [0.29, 0.717) is 24.2 Å². The van der Waals surface area contributed by atoms with Crippen LogP contribution in [-0.4, -0.2) is 36.2 Å². The van der Waals surface area contributed by atoms with E-state index in [1.165, 1.54) is 17.2 Å². The second-order valence-electron chi connectivity index (χ2n) is 8.24. The molecule has 1 aliphatic rings. The molecule has 7 nitrogen and oxygen atoms in total. The Morgan fingerprint density at radius 1 is 0.941 bits per heavy atom. The van der Waals surface area contributed by atoms with E-state index in [0.717, 1.165) is 11.1 Å². The molecule has 0 unspecified atom stereocenters. The minimum Gasteiger partial charge on any atom is -0.478 e. The van der Waals surface area contributed by atoms with E-state index >= 15 is 0 Å². The molecule has 0 fully saturated rings. The smallest absolute Gasteiger partial charge is 0.407 e. The van der Waals surface area contributed by atoms with E-state index in [2.05, 4.69) is 34.9 Å². The van der Waals surface area contributed by atoms with Gasteiger partial charge in [-0.25, -0.2) is 9.59 Å². The summed E-state index contributed by atoms with van der Waals surface area (Å²) in [7, 11) is 0. The molecule has 3 aromatic rings. The van der Waals surface area contributed by atoms with Gasteiger partial charge in [0, 0.05) is 24.6 Å². The minimum atomic E-state index is -1.04. The molecule has 7 heteroatoms. The van der Waals surface area contributed by atoms with Crippen LogP contribution in [0.2, 0.25) is 0 Å². The highest BCUT2D eigenvalue weighted by Gasteiger charge is 2.28. The van der Waals surface area contributed by atoms with Crippen molar-refractivity contribution in [2.75, 3.05) is 18.5 Å². The van der Waals surface area contributed by atoms with Crippen LogP contribution in [0.3, 0.4) is 0 Å². The number of amides is 2. The minimum absolute atomic E-state index is 0.00543. The van der Waals surface area contributed by atoms with Gasteiger partial charge in [0.05, 0.1) is 5.56 Å². The molecule has 3 aromatic carbocycles. The summed E-state index contributed by atoms with van der Waals surface area (Å²) in [4.78, 5) is 35.6. The number of carboxylic acids is 1. The third-order valence-corrected chi connectivity index (χ3v) is 5.95. The highest BCUT2D eigenvalue weighted by Crippen LogP contribution is 2.44. The highest BCUT2D eigenvalue weighted by molar-refractivity contribution is 5.94. The molecule has 34 heavy (non-hydrogen) atoms. The van der Waals surface area contributed by atoms with Crippen molar-refractivity contribution < 1.29 is 24.2 Å². The summed E-state index contributed by atoms with van der Waals surface area (Å²) in [5.74, 6) is -1.30. The third-order valence-electron chi connectivity index (χ3n) is 5.95. The molecule has 1 aliphatic carbocycles. The summed E-state index contributed by atoms with van der Waals surface area (Å²) in [6, 6.07) is 21.0. The van der Waals surface area contributed by atoms with Gasteiger partial charge in [0.15, 0.2) is 0 Å². The molecule has 0 aliphatic heterocycles. The van der Waals surface area contributed by atoms with Crippen molar-refractivity contribution in [1.29, 1.82) is 0 Å². The molecular weight excluding hydrogens is 432 g/mol. The Hall–Kier alpha value is -4.13. The van der Waals surface area contributed by atoms with Crippen LogP contribution in [0.4, 0.5) is 10.5 Å². The first kappa shape index (κ1) is 23.0. The number of carboxylic acid groups (broad SMARTS) is 1. The summed E-state index contributed by atoms with van der Waals surface area (Å²) < 4.78 is 5.48. The monoisotopic (exact) mass is 458 g/mol. The van der Waals surface area contributed by atoms with Crippen LogP contribution in [0.5, 0.6) is 0 Å². The number of nitrogens with one attached hydrogen (secondary N) is 2. The van der Waals surface area contributed by atoms with Crippen LogP contribution in [-0.2, 0) is 9.53 Å². The van der Waals surface area contributed by atoms with Crippen LogP contribution >= 0.6 is 0 Å². The molecule has 3 N–H and O–H groups in total. The second kappa shape index (κ2) is 10.2. The Labute approximate surface area is 197 Å². The van der Waals surface area contributed by atoms with Crippen molar-refractivity contribution in [3.05, 3.63) is 89.0 Å². The number of alkyl carbamates (subject to hydrolysis) is 1. The van der Waals surface area contributed by atoms with Crippen molar-refractivity contribution in [1.82, 2.24) is 5.32 Å². The molecule has 174 valence electrons. The predicted octanol–water partition coefficient (Wildman–Crippen LogP) is 4.95. The number of hydrogen-bond acceptors (Lipinski definition) is 4. The fourth-order valence-electron chi connectivity index (χ4n) is 4.24. The Morgan fingerprint density at radius 2 is 1.59 bits per heavy atom. The molecule has 0 saturated heterocycles. The number of benzene rings is 3. The van der Waals surface area contributed by atoms with E-state index in [1.54, 1.807) is 19.1 Å². The zero-order valence-electron chi connectivity index (χ0n) is 18.8. The van der Waals surface area contributed by atoms with Gasteiger partial charge in [-0.15, -0.1) is 0 Å². The number of carbonyl (C=O) groups excluding carboxylic acids is 2. The van der Waals surface area contributed by atoms with Crippen LogP contribution in [0, 0.1) is 6.92 Å². The lowest BCUT2D eigenvalue weighted by Gasteiger charge is -2.14. The molecule has 2 amide bonds. The predicted molar refractivity (Wildman–Crippen MR) is 129 cm³/mol. The number of anilines is 1. The molecule has 0 heterocycles. The molecule has 0 atom stereocenters. The van der Waals surface area contributed by atoms with Crippen LogP contribution in [0.25, 0.3) is 11.1 Å². The van der Waals surface area contributed by atoms with Crippen molar-refractivity contribution in [2.45, 2.75) is 25.7 Å². The highest BCUT2D eigenvalue weighted by atomic mass is 16.5. The summed E-state index contributed by atoms with van der Waals surface area (Å²) in [5.41, 5.74) is 5.83. The van der Waals surface area contributed by atoms with Crippen molar-refractivity contribution >= 4 is 23.7 Å². The second-order valence-corrected chi connectivity index (χ2v) is 8.24. The lowest BCUT2D eigenvalue weighted by Crippen LogP contribution is -2.27. The van der Waals surface area contributed by atoms with E-state index in [1.807, 2.05) is 24.3 Å². The molecule has 4 rings (SSSR count). The van der Waals surface area contributed by atoms with Gasteiger partial charge in [-0.3, -0.25) is 4.79 Å². The number of rotatable bonds is 8. The fourth-order valence-corrected chi connectivity index (χ4v) is 4.24. The van der Waals surface area contributed by atoms with Gasteiger partial charge in [-0.2, -0.15) is 0 Å². The standard InChI is InChI=1S/C27H26N2O5/c1-17-12-13-18(15-23(17)26(31)32)29-25(30)11-6-14-28-27(33)34-16-24-21-9-4-2-7-19(21)20-8-3-5-10-22(20)24/h2-5,7-10,12-13,15,24H,6,11,14,16H2,1H3,(H,28,33)(H,29,30)(H,31,32). The first-order valence-electron chi connectivity index (χ1n) is 11.2. The van der Waals surface area contributed by atoms with Gasteiger partial charge >= 0.3 is 12.1 Å². The number of aryl methyl sites for hydroxylation is 1. The Kier molecular flexibility index (Phi) is 6.92. The molecule has 0 bridgehead atoms. The zero-order valence-corrected chi connectivity index (χ0v) is 18.8. The number of ether oxygens (including phenoxy) is 1. The van der Waals surface area contributed by atoms with Gasteiger partial charge in [-0.05, 0) is 53.3 Å². The van der Waals surface area contributed by atoms with Gasteiger partial charge in [-0.1, -0.05) is 54.6 Å². The Morgan fingerprint density at radius 3 is 2.24 bits per heavy atom. The van der Waals surface area contributed by atoms with Crippen LogP contribution in [0.15, 0.2) is 66.7 Å². The van der Waals surface area contributed by atoms with E-state index in [-0.39, 0.29) is 30.4 Å². The number of hydrogen-bond donors (Lipinski definition) is 3. The number of aromatic carboxylic acids is 1. The van der Waals surface area contributed by atoms with Gasteiger partial charge in [0.2, 0.25) is 5.91 Å². The molecule has 0 spiro atoms. The van der Waals surface area contributed by atoms with Crippen LogP contribution < -0.4 is 10.6 Å². The fraction of sp³-hybridized carbons (Fsp3) is 0.222. The molecule has 0 saturated carbocycles. The maximum Gasteiger partial charge on any atom is 0.407 e. The largest absolute Gasteiger partial charge is 0.478 e. The lowest BCUT2D eigenvalue weighted by molar-refractivity contribution is -0.116. The quantitative estimate of drug-likeness (QED) is 0.414. The van der Waals surface area contributed by atoms with Gasteiger partial charge in [0.1, 0.15) is 6.61 Å². The summed E-state index contributed by atoms with van der Waals surface area (Å²) in [6.45, 7) is 2.22. The van der Waals surface area contributed by atoms with Crippen molar-refractivity contribution in [2.24, 2.45) is 0 Å². The lowest BCUT2D eigenvalue weighted by atomic mass is 9.98. The van der Waals surface area contributed by atoms with Gasteiger partial charge in [0.25, 0.3) is 0 Å². The topological polar surface area (TPSA) is 105 Å². The Bertz CT molecular complexity index is 1190. The number of fused-ring (bicyclic) bond motifs is 3. The van der Waals surface area contributed by atoms with Gasteiger partial charge < -0.3 is 20.5 Å².